The molecule has 1 N–H and O–H groups in total. The highest BCUT2D eigenvalue weighted by atomic mass is 16.6. The van der Waals surface area contributed by atoms with Crippen molar-refractivity contribution in [1.29, 1.82) is 0 Å². The van der Waals surface area contributed by atoms with Crippen LogP contribution in [0.25, 0.3) is 0 Å². The molecule has 0 bridgehead atoms. The Morgan fingerprint density at radius 3 is 2.58 bits per heavy atom. The van der Waals surface area contributed by atoms with Gasteiger partial charge in [0.2, 0.25) is 6.10 Å². The molecule has 0 spiro atoms. The third-order valence-corrected chi connectivity index (χ3v) is 3.99. The number of ether oxygens (including phenoxy) is 3. The zero-order chi connectivity index (χ0) is 18.4. The highest BCUT2D eigenvalue weighted by Gasteiger charge is 2.31. The zero-order valence-corrected chi connectivity index (χ0v) is 14.5. The molecule has 0 radical (unpaired) electrons. The summed E-state index contributed by atoms with van der Waals surface area (Å²) >= 11 is 0. The Hall–Kier alpha value is -3.02. The standard InChI is InChI=1S/C20H21NO5/c1-14(19(22)21-12-11-15-7-3-2-4-8-15)25-20(23)18-13-24-16-9-5-6-10-17(16)26-18/h2-10,14,18H,11-13H2,1H3,(H,21,22)/t14-,18-/m1/s1. The van der Waals surface area contributed by atoms with Crippen LogP contribution in [0.4, 0.5) is 0 Å². The van der Waals surface area contributed by atoms with Crippen LogP contribution in [0.1, 0.15) is 12.5 Å². The number of amides is 1. The average Bonchev–Trinajstić information content (AvgIpc) is 2.68. The summed E-state index contributed by atoms with van der Waals surface area (Å²) in [7, 11) is 0. The summed E-state index contributed by atoms with van der Waals surface area (Å²) in [5, 5.41) is 2.77. The van der Waals surface area contributed by atoms with Crippen molar-refractivity contribution in [2.75, 3.05) is 13.2 Å². The van der Waals surface area contributed by atoms with Gasteiger partial charge in [-0.1, -0.05) is 42.5 Å². The zero-order valence-electron chi connectivity index (χ0n) is 14.5. The van der Waals surface area contributed by atoms with Crippen molar-refractivity contribution in [2.24, 2.45) is 0 Å². The van der Waals surface area contributed by atoms with Crippen molar-refractivity contribution >= 4 is 11.9 Å². The molecule has 0 unspecified atom stereocenters. The van der Waals surface area contributed by atoms with Crippen molar-refractivity contribution in [2.45, 2.75) is 25.6 Å². The second-order valence-electron chi connectivity index (χ2n) is 5.97. The van der Waals surface area contributed by atoms with Crippen LogP contribution < -0.4 is 14.8 Å². The van der Waals surface area contributed by atoms with E-state index in [2.05, 4.69) is 5.32 Å². The lowest BCUT2D eigenvalue weighted by Crippen LogP contribution is -2.43. The molecular formula is C20H21NO5. The predicted molar refractivity (Wildman–Crippen MR) is 95.1 cm³/mol. The average molecular weight is 355 g/mol. The minimum atomic E-state index is -0.904. The molecule has 0 fully saturated rings. The van der Waals surface area contributed by atoms with Gasteiger partial charge in [-0.3, -0.25) is 4.79 Å². The van der Waals surface area contributed by atoms with Gasteiger partial charge in [-0.2, -0.15) is 0 Å². The van der Waals surface area contributed by atoms with Gasteiger partial charge in [-0.25, -0.2) is 4.79 Å². The van der Waals surface area contributed by atoms with E-state index >= 15 is 0 Å². The number of para-hydroxylation sites is 2. The highest BCUT2D eigenvalue weighted by molar-refractivity contribution is 5.84. The summed E-state index contributed by atoms with van der Waals surface area (Å²) < 4.78 is 16.3. The van der Waals surface area contributed by atoms with Gasteiger partial charge in [0.05, 0.1) is 0 Å². The van der Waals surface area contributed by atoms with Gasteiger partial charge in [-0.15, -0.1) is 0 Å². The topological polar surface area (TPSA) is 73.9 Å². The maximum Gasteiger partial charge on any atom is 0.351 e. The number of benzene rings is 2. The Bertz CT molecular complexity index is 762. The van der Waals surface area contributed by atoms with Crippen molar-refractivity contribution in [3.05, 3.63) is 60.2 Å². The lowest BCUT2D eigenvalue weighted by Gasteiger charge is -2.25. The van der Waals surface area contributed by atoms with E-state index in [-0.39, 0.29) is 12.5 Å². The van der Waals surface area contributed by atoms with Crippen LogP contribution >= 0.6 is 0 Å². The quantitative estimate of drug-likeness (QED) is 0.804. The first-order chi connectivity index (χ1) is 12.6. The van der Waals surface area contributed by atoms with Crippen LogP contribution in [-0.2, 0) is 20.7 Å². The molecule has 136 valence electrons. The van der Waals surface area contributed by atoms with Crippen LogP contribution in [0, 0.1) is 0 Å². The fourth-order valence-corrected chi connectivity index (χ4v) is 2.56. The van der Waals surface area contributed by atoms with Crippen LogP contribution in [-0.4, -0.2) is 37.2 Å². The Kier molecular flexibility index (Phi) is 5.73. The van der Waals surface area contributed by atoms with Crippen molar-refractivity contribution < 1.29 is 23.8 Å². The maximum absolute atomic E-state index is 12.2. The summed E-state index contributed by atoms with van der Waals surface area (Å²) in [5.41, 5.74) is 1.13. The smallest absolute Gasteiger partial charge is 0.351 e. The van der Waals surface area contributed by atoms with Crippen LogP contribution in [0.15, 0.2) is 54.6 Å². The number of nitrogens with one attached hydrogen (secondary N) is 1. The summed E-state index contributed by atoms with van der Waals surface area (Å²) in [6, 6.07) is 16.9. The van der Waals surface area contributed by atoms with Crippen molar-refractivity contribution in [3.8, 4) is 11.5 Å². The number of rotatable bonds is 6. The third kappa shape index (κ3) is 4.53. The normalized spacial score (nSPS) is 16.4. The van der Waals surface area contributed by atoms with Crippen molar-refractivity contribution in [3.63, 3.8) is 0 Å². The fraction of sp³-hybridized carbons (Fsp3) is 0.300. The fourth-order valence-electron chi connectivity index (χ4n) is 2.56. The van der Waals surface area contributed by atoms with E-state index in [4.69, 9.17) is 14.2 Å². The number of carbonyl (C=O) groups is 2. The molecule has 0 saturated carbocycles. The highest BCUT2D eigenvalue weighted by Crippen LogP contribution is 2.31. The van der Waals surface area contributed by atoms with E-state index in [1.54, 1.807) is 18.2 Å². The number of hydrogen-bond donors (Lipinski definition) is 1. The second-order valence-corrected chi connectivity index (χ2v) is 5.97. The van der Waals surface area contributed by atoms with E-state index in [0.29, 0.717) is 24.5 Å². The van der Waals surface area contributed by atoms with Crippen molar-refractivity contribution in [1.82, 2.24) is 5.32 Å². The number of fused-ring (bicyclic) bond motifs is 1. The Balaban J connectivity index is 1.44. The van der Waals surface area contributed by atoms with E-state index < -0.39 is 18.2 Å². The van der Waals surface area contributed by atoms with Crippen LogP contribution in [0.5, 0.6) is 11.5 Å². The maximum atomic E-state index is 12.2. The SMILES string of the molecule is C[C@@H](OC(=O)[C@H]1COc2ccccc2O1)C(=O)NCCc1ccccc1. The monoisotopic (exact) mass is 355 g/mol. The summed E-state index contributed by atoms with van der Waals surface area (Å²) in [5.74, 6) is 0.112. The number of carbonyl (C=O) groups excluding carboxylic acids is 2. The third-order valence-electron chi connectivity index (χ3n) is 3.99. The molecule has 0 aromatic heterocycles. The van der Waals surface area contributed by atoms with Gasteiger partial charge in [-0.05, 0) is 31.0 Å². The van der Waals surface area contributed by atoms with Gasteiger partial charge >= 0.3 is 5.97 Å². The lowest BCUT2D eigenvalue weighted by atomic mass is 10.1. The molecule has 1 heterocycles. The van der Waals surface area contributed by atoms with E-state index in [0.717, 1.165) is 5.56 Å². The molecule has 0 saturated heterocycles. The molecule has 6 nitrogen and oxygen atoms in total. The minimum absolute atomic E-state index is 0.0538. The number of esters is 1. The lowest BCUT2D eigenvalue weighted by molar-refractivity contribution is -0.163. The van der Waals surface area contributed by atoms with E-state index in [1.165, 1.54) is 6.92 Å². The van der Waals surface area contributed by atoms with Crippen LogP contribution in [0.3, 0.4) is 0 Å². The second kappa shape index (κ2) is 8.38. The van der Waals surface area contributed by atoms with Gasteiger partial charge in [0, 0.05) is 6.54 Å². The first kappa shape index (κ1) is 17.8. The Labute approximate surface area is 152 Å². The summed E-state index contributed by atoms with van der Waals surface area (Å²) in [4.78, 5) is 24.3. The largest absolute Gasteiger partial charge is 0.485 e. The molecule has 2 aromatic carbocycles. The van der Waals surface area contributed by atoms with Gasteiger partial charge in [0.25, 0.3) is 5.91 Å². The van der Waals surface area contributed by atoms with E-state index in [9.17, 15) is 9.59 Å². The summed E-state index contributed by atoms with van der Waals surface area (Å²) in [6.07, 6.45) is -1.08. The molecule has 6 heteroatoms. The van der Waals surface area contributed by atoms with Gasteiger partial charge in [0.15, 0.2) is 17.6 Å². The predicted octanol–water partition coefficient (Wildman–Crippen LogP) is 2.12. The van der Waals surface area contributed by atoms with Gasteiger partial charge in [0.1, 0.15) is 6.61 Å². The molecule has 0 aliphatic carbocycles. The molecule has 1 amide bonds. The van der Waals surface area contributed by atoms with Crippen LogP contribution in [0.2, 0.25) is 0 Å². The minimum Gasteiger partial charge on any atom is -0.485 e. The molecule has 1 aliphatic heterocycles. The first-order valence-electron chi connectivity index (χ1n) is 8.54. The Morgan fingerprint density at radius 2 is 1.81 bits per heavy atom. The molecule has 2 aromatic rings. The molecule has 26 heavy (non-hydrogen) atoms. The molecule has 1 aliphatic rings. The first-order valence-corrected chi connectivity index (χ1v) is 8.54. The van der Waals surface area contributed by atoms with Gasteiger partial charge < -0.3 is 19.5 Å². The summed E-state index contributed by atoms with van der Waals surface area (Å²) in [6.45, 7) is 2.06. The molecule has 3 rings (SSSR count). The van der Waals surface area contributed by atoms with E-state index in [1.807, 2.05) is 36.4 Å². The molecule has 2 atom stereocenters. The molecular weight excluding hydrogens is 334 g/mol. The Morgan fingerprint density at radius 1 is 1.12 bits per heavy atom. The number of hydrogen-bond acceptors (Lipinski definition) is 5.